The minimum atomic E-state index is -0.0985. The van der Waals surface area contributed by atoms with Crippen LogP contribution in [0.1, 0.15) is 10.4 Å². The number of aromatic nitrogens is 1. The Hall–Kier alpha value is -1.29. The number of thiophene rings is 1. The van der Waals surface area contributed by atoms with Crippen molar-refractivity contribution in [1.29, 1.82) is 0 Å². The lowest BCUT2D eigenvalue weighted by atomic mass is 10.1. The summed E-state index contributed by atoms with van der Waals surface area (Å²) in [6, 6.07) is 9.40. The maximum absolute atomic E-state index is 12.1. The van der Waals surface area contributed by atoms with Crippen LogP contribution >= 0.6 is 34.5 Å². The molecule has 0 aliphatic carbocycles. The van der Waals surface area contributed by atoms with Crippen LogP contribution in [0.5, 0.6) is 0 Å². The lowest BCUT2D eigenvalue weighted by molar-refractivity contribution is 0.102. The topological polar surface area (TPSA) is 32.9 Å². The van der Waals surface area contributed by atoms with E-state index in [0.717, 1.165) is 21.5 Å². The molecule has 3 rings (SSSR count). The third-order valence-electron chi connectivity index (χ3n) is 2.93. The van der Waals surface area contributed by atoms with Gasteiger partial charge in [-0.15, -0.1) is 22.9 Å². The number of nitrogens with one attached hydrogen (secondary N) is 1. The van der Waals surface area contributed by atoms with Crippen LogP contribution in [0.2, 0.25) is 5.02 Å². The van der Waals surface area contributed by atoms with Crippen molar-refractivity contribution in [3.05, 3.63) is 46.3 Å². The second-order valence-corrected chi connectivity index (χ2v) is 5.75. The maximum Gasteiger partial charge on any atom is 0.180 e. The number of halogens is 2. The molecule has 0 amide bonds. The lowest BCUT2D eigenvalue weighted by Gasteiger charge is -1.99. The number of carbonyl (C=O) groups is 1. The Kier molecular flexibility index (Phi) is 3.35. The molecule has 5 heteroatoms. The summed E-state index contributed by atoms with van der Waals surface area (Å²) in [5, 5.41) is 3.40. The molecular formula is C14H9Cl2NOS. The summed E-state index contributed by atoms with van der Waals surface area (Å²) < 4.78 is 0. The minimum Gasteiger partial charge on any atom is -0.353 e. The zero-order valence-corrected chi connectivity index (χ0v) is 12.1. The number of rotatable bonds is 3. The highest BCUT2D eigenvalue weighted by Crippen LogP contribution is 2.34. The van der Waals surface area contributed by atoms with Gasteiger partial charge in [0.2, 0.25) is 0 Å². The Morgan fingerprint density at radius 2 is 2.16 bits per heavy atom. The van der Waals surface area contributed by atoms with Crippen molar-refractivity contribution in [3.8, 4) is 10.6 Å². The van der Waals surface area contributed by atoms with Crippen molar-refractivity contribution < 1.29 is 4.79 Å². The first kappa shape index (κ1) is 12.7. The van der Waals surface area contributed by atoms with E-state index < -0.39 is 0 Å². The molecule has 1 aromatic carbocycles. The van der Waals surface area contributed by atoms with Crippen LogP contribution in [0, 0.1) is 0 Å². The fourth-order valence-electron chi connectivity index (χ4n) is 2.13. The van der Waals surface area contributed by atoms with Crippen LogP contribution in [-0.4, -0.2) is 16.6 Å². The quantitative estimate of drug-likeness (QED) is 0.537. The van der Waals surface area contributed by atoms with Gasteiger partial charge in [-0.3, -0.25) is 4.79 Å². The zero-order valence-electron chi connectivity index (χ0n) is 9.74. The smallest absolute Gasteiger partial charge is 0.180 e. The average molecular weight is 310 g/mol. The summed E-state index contributed by atoms with van der Waals surface area (Å²) in [5.41, 5.74) is 2.33. The van der Waals surface area contributed by atoms with Crippen molar-refractivity contribution in [3.63, 3.8) is 0 Å². The molecule has 96 valence electrons. The number of fused-ring (bicyclic) bond motifs is 1. The average Bonchev–Trinajstić information content (AvgIpc) is 3.03. The number of carbonyl (C=O) groups excluding carboxylic acids is 1. The molecule has 1 N–H and O–H groups in total. The van der Waals surface area contributed by atoms with E-state index in [-0.39, 0.29) is 11.7 Å². The number of H-pyrrole nitrogens is 1. The van der Waals surface area contributed by atoms with E-state index >= 15 is 0 Å². The van der Waals surface area contributed by atoms with Crippen LogP contribution < -0.4 is 0 Å². The molecule has 2 aromatic heterocycles. The molecule has 0 spiro atoms. The van der Waals surface area contributed by atoms with Crippen molar-refractivity contribution in [2.45, 2.75) is 0 Å². The fourth-order valence-corrected chi connectivity index (χ4v) is 3.16. The highest BCUT2D eigenvalue weighted by atomic mass is 35.5. The fraction of sp³-hybridized carbons (Fsp3) is 0.0714. The molecule has 0 aliphatic rings. The molecule has 0 bridgehead atoms. The Bertz CT molecular complexity index is 746. The maximum atomic E-state index is 12.1. The van der Waals surface area contributed by atoms with Gasteiger partial charge in [-0.2, -0.15) is 0 Å². The third-order valence-corrected chi connectivity index (χ3v) is 4.29. The molecule has 0 atom stereocenters. The van der Waals surface area contributed by atoms with Crippen molar-refractivity contribution in [1.82, 2.24) is 4.98 Å². The van der Waals surface area contributed by atoms with Gasteiger partial charge in [-0.1, -0.05) is 17.7 Å². The van der Waals surface area contributed by atoms with E-state index in [9.17, 15) is 4.79 Å². The monoisotopic (exact) mass is 309 g/mol. The zero-order chi connectivity index (χ0) is 13.4. The van der Waals surface area contributed by atoms with Crippen LogP contribution in [-0.2, 0) is 0 Å². The normalized spacial score (nSPS) is 11.1. The van der Waals surface area contributed by atoms with Gasteiger partial charge in [0.05, 0.1) is 22.0 Å². The summed E-state index contributed by atoms with van der Waals surface area (Å²) in [4.78, 5) is 16.4. The summed E-state index contributed by atoms with van der Waals surface area (Å²) in [6.07, 6.45) is 0. The van der Waals surface area contributed by atoms with Gasteiger partial charge in [0.1, 0.15) is 0 Å². The summed E-state index contributed by atoms with van der Waals surface area (Å²) in [6.45, 7) is 0. The van der Waals surface area contributed by atoms with E-state index in [2.05, 4.69) is 4.98 Å². The molecule has 0 unspecified atom stereocenters. The third kappa shape index (κ3) is 2.18. The highest BCUT2D eigenvalue weighted by Gasteiger charge is 2.19. The number of hydrogen-bond donors (Lipinski definition) is 1. The van der Waals surface area contributed by atoms with Crippen LogP contribution in [0.3, 0.4) is 0 Å². The van der Waals surface area contributed by atoms with Gasteiger partial charge >= 0.3 is 0 Å². The molecule has 3 aromatic rings. The predicted molar refractivity (Wildman–Crippen MR) is 81.7 cm³/mol. The SMILES string of the molecule is O=C(CCl)c1c(-c2cccs2)[nH]c2ccc(Cl)cc12. The lowest BCUT2D eigenvalue weighted by Crippen LogP contribution is -2.00. The minimum absolute atomic E-state index is 0.0438. The number of Topliss-reactive ketones (excluding diaryl/α,β-unsaturated/α-hetero) is 1. The second kappa shape index (κ2) is 5.00. The van der Waals surface area contributed by atoms with E-state index in [4.69, 9.17) is 23.2 Å². The first-order chi connectivity index (χ1) is 9.20. The van der Waals surface area contributed by atoms with E-state index in [1.807, 2.05) is 23.6 Å². The van der Waals surface area contributed by atoms with Gasteiger partial charge in [0.25, 0.3) is 0 Å². The second-order valence-electron chi connectivity index (χ2n) is 4.10. The standard InChI is InChI=1S/C14H9Cl2NOS/c15-7-11(18)13-9-6-8(16)3-4-10(9)17-14(13)12-2-1-5-19-12/h1-6,17H,7H2. The molecule has 0 saturated heterocycles. The first-order valence-electron chi connectivity index (χ1n) is 5.65. The van der Waals surface area contributed by atoms with Crippen molar-refractivity contribution in [2.24, 2.45) is 0 Å². The number of alkyl halides is 1. The molecule has 19 heavy (non-hydrogen) atoms. The Morgan fingerprint density at radius 3 is 2.84 bits per heavy atom. The number of hydrogen-bond acceptors (Lipinski definition) is 2. The van der Waals surface area contributed by atoms with E-state index in [0.29, 0.717) is 10.6 Å². The Morgan fingerprint density at radius 1 is 1.32 bits per heavy atom. The van der Waals surface area contributed by atoms with Crippen LogP contribution in [0.4, 0.5) is 0 Å². The highest BCUT2D eigenvalue weighted by molar-refractivity contribution is 7.13. The summed E-state index contributed by atoms with van der Waals surface area (Å²) >= 11 is 13.3. The first-order valence-corrected chi connectivity index (χ1v) is 7.44. The molecule has 2 heterocycles. The number of benzene rings is 1. The molecule has 0 saturated carbocycles. The van der Waals surface area contributed by atoms with Gasteiger partial charge in [-0.05, 0) is 29.6 Å². The van der Waals surface area contributed by atoms with E-state index in [1.165, 1.54) is 0 Å². The molecule has 0 aliphatic heterocycles. The summed E-state index contributed by atoms with van der Waals surface area (Å²) in [5.74, 6) is -0.142. The number of ketones is 1. The molecule has 0 fully saturated rings. The van der Waals surface area contributed by atoms with Crippen LogP contribution in [0.25, 0.3) is 21.5 Å². The largest absolute Gasteiger partial charge is 0.353 e. The van der Waals surface area contributed by atoms with Gasteiger partial charge in [0.15, 0.2) is 5.78 Å². The Labute approximate surface area is 124 Å². The molecule has 0 radical (unpaired) electrons. The van der Waals surface area contributed by atoms with Gasteiger partial charge in [-0.25, -0.2) is 0 Å². The molecular weight excluding hydrogens is 301 g/mol. The van der Waals surface area contributed by atoms with Gasteiger partial charge in [0, 0.05) is 15.9 Å². The predicted octanol–water partition coefficient (Wildman–Crippen LogP) is 4.97. The van der Waals surface area contributed by atoms with Crippen molar-refractivity contribution in [2.75, 3.05) is 5.88 Å². The van der Waals surface area contributed by atoms with E-state index in [1.54, 1.807) is 23.5 Å². The van der Waals surface area contributed by atoms with Gasteiger partial charge < -0.3 is 4.98 Å². The Balaban J connectivity index is 2.35. The summed E-state index contributed by atoms with van der Waals surface area (Å²) in [7, 11) is 0. The molecule has 2 nitrogen and oxygen atoms in total. The van der Waals surface area contributed by atoms with Crippen molar-refractivity contribution >= 4 is 51.2 Å². The number of aromatic amines is 1. The van der Waals surface area contributed by atoms with Crippen LogP contribution in [0.15, 0.2) is 35.7 Å².